The van der Waals surface area contributed by atoms with Gasteiger partial charge in [-0.15, -0.1) is 0 Å². The first kappa shape index (κ1) is 15.7. The van der Waals surface area contributed by atoms with Crippen molar-refractivity contribution in [3.63, 3.8) is 0 Å². The van der Waals surface area contributed by atoms with E-state index in [1.54, 1.807) is 6.92 Å². The number of amides is 4. The minimum absolute atomic E-state index is 0.0620. The summed E-state index contributed by atoms with van der Waals surface area (Å²) in [4.78, 5) is 56.5. The molecule has 8 heteroatoms. The summed E-state index contributed by atoms with van der Waals surface area (Å²) in [5.41, 5.74) is 0.522. The van der Waals surface area contributed by atoms with E-state index in [0.29, 0.717) is 5.57 Å². The van der Waals surface area contributed by atoms with Crippen LogP contribution in [0.2, 0.25) is 0 Å². The lowest BCUT2D eigenvalue weighted by Gasteiger charge is -2.34. The van der Waals surface area contributed by atoms with Gasteiger partial charge in [-0.1, -0.05) is 0 Å². The minimum Gasteiger partial charge on any atom is -0.295 e. The maximum atomic E-state index is 12.5. The van der Waals surface area contributed by atoms with Crippen molar-refractivity contribution < 1.29 is 19.2 Å². The molecule has 0 aromatic heterocycles. The van der Waals surface area contributed by atoms with Crippen molar-refractivity contribution in [1.29, 1.82) is 0 Å². The standard InChI is InChI=1S/C14H16N4O4/c1-3-16-7-8-6-11(20)18(14(22)12(8)15-2)9-4-5-10(19)17-13(9)21/h3,7,9H,4-6H2,1-2H3,(H,17,19,21)/b8-7-,15-12?,16-3?. The Bertz CT molecular complexity index is 633. The van der Waals surface area contributed by atoms with E-state index in [-0.39, 0.29) is 25.0 Å². The van der Waals surface area contributed by atoms with Crippen molar-refractivity contribution in [2.45, 2.75) is 32.2 Å². The van der Waals surface area contributed by atoms with Crippen molar-refractivity contribution >= 4 is 35.6 Å². The van der Waals surface area contributed by atoms with E-state index in [0.717, 1.165) is 4.90 Å². The summed E-state index contributed by atoms with van der Waals surface area (Å²) >= 11 is 0. The molecule has 1 atom stereocenters. The van der Waals surface area contributed by atoms with Gasteiger partial charge in [-0.05, 0) is 13.3 Å². The van der Waals surface area contributed by atoms with E-state index >= 15 is 0 Å². The highest BCUT2D eigenvalue weighted by atomic mass is 16.2. The van der Waals surface area contributed by atoms with Crippen LogP contribution in [0.1, 0.15) is 26.2 Å². The molecule has 0 bridgehead atoms. The molecule has 0 aliphatic carbocycles. The highest BCUT2D eigenvalue weighted by Crippen LogP contribution is 2.23. The number of nitrogens with zero attached hydrogens (tertiary/aromatic N) is 3. The Kier molecular flexibility index (Phi) is 4.59. The summed E-state index contributed by atoms with van der Waals surface area (Å²) in [6.45, 7) is 1.71. The zero-order valence-electron chi connectivity index (χ0n) is 12.3. The number of imide groups is 2. The molecular weight excluding hydrogens is 288 g/mol. The molecule has 2 heterocycles. The van der Waals surface area contributed by atoms with Crippen molar-refractivity contribution in [3.05, 3.63) is 11.8 Å². The third-order valence-corrected chi connectivity index (χ3v) is 3.46. The van der Waals surface area contributed by atoms with E-state index in [1.807, 2.05) is 0 Å². The molecule has 4 amide bonds. The monoisotopic (exact) mass is 304 g/mol. The van der Waals surface area contributed by atoms with Crippen LogP contribution in [0.4, 0.5) is 0 Å². The molecule has 2 aliphatic rings. The highest BCUT2D eigenvalue weighted by molar-refractivity contribution is 6.49. The minimum atomic E-state index is -0.967. The molecule has 0 saturated carbocycles. The maximum absolute atomic E-state index is 12.5. The van der Waals surface area contributed by atoms with Crippen molar-refractivity contribution in [1.82, 2.24) is 10.2 Å². The number of hydrogen-bond donors (Lipinski definition) is 1. The van der Waals surface area contributed by atoms with Crippen molar-refractivity contribution in [2.24, 2.45) is 9.98 Å². The first-order chi connectivity index (χ1) is 10.5. The van der Waals surface area contributed by atoms with Crippen LogP contribution >= 0.6 is 0 Å². The third-order valence-electron chi connectivity index (χ3n) is 3.46. The molecule has 2 saturated heterocycles. The van der Waals surface area contributed by atoms with Gasteiger partial charge in [-0.3, -0.25) is 39.4 Å². The van der Waals surface area contributed by atoms with E-state index < -0.39 is 29.7 Å². The molecule has 22 heavy (non-hydrogen) atoms. The second-order valence-corrected chi connectivity index (χ2v) is 4.85. The number of aliphatic imine (C=N–C) groups is 2. The van der Waals surface area contributed by atoms with Gasteiger partial charge in [0.2, 0.25) is 17.7 Å². The molecular formula is C14H16N4O4. The SMILES string of the molecule is CC=N/C=C1/CC(=O)N(C2CCC(=O)NC2=O)C(=O)C1=NC. The molecule has 0 aromatic rings. The molecule has 0 radical (unpaired) electrons. The zero-order chi connectivity index (χ0) is 16.3. The second-order valence-electron chi connectivity index (χ2n) is 4.85. The van der Waals surface area contributed by atoms with Gasteiger partial charge in [0.05, 0.1) is 6.42 Å². The van der Waals surface area contributed by atoms with Crippen LogP contribution in [0.3, 0.4) is 0 Å². The predicted octanol–water partition coefficient (Wildman–Crippen LogP) is -0.404. The van der Waals surface area contributed by atoms with E-state index in [9.17, 15) is 19.2 Å². The van der Waals surface area contributed by atoms with E-state index in [1.165, 1.54) is 19.5 Å². The molecule has 0 aromatic carbocycles. The van der Waals surface area contributed by atoms with Gasteiger partial charge in [-0.25, -0.2) is 0 Å². The quantitative estimate of drug-likeness (QED) is 0.553. The topological polar surface area (TPSA) is 108 Å². The van der Waals surface area contributed by atoms with Crippen LogP contribution in [0.5, 0.6) is 0 Å². The van der Waals surface area contributed by atoms with Gasteiger partial charge in [0.15, 0.2) is 0 Å². The van der Waals surface area contributed by atoms with Gasteiger partial charge in [0.25, 0.3) is 5.91 Å². The molecule has 1 N–H and O–H groups in total. The van der Waals surface area contributed by atoms with Gasteiger partial charge in [0, 0.05) is 31.5 Å². The molecule has 2 fully saturated rings. The lowest BCUT2D eigenvalue weighted by molar-refractivity contribution is -0.152. The summed E-state index contributed by atoms with van der Waals surface area (Å²) < 4.78 is 0. The number of carbonyl (C=O) groups excluding carboxylic acids is 4. The Balaban J connectivity index is 2.32. The summed E-state index contributed by atoms with van der Waals surface area (Å²) in [5.74, 6) is -2.16. The Morgan fingerprint density at radius 1 is 1.27 bits per heavy atom. The van der Waals surface area contributed by atoms with Crippen LogP contribution in [-0.2, 0) is 19.2 Å². The fraction of sp³-hybridized carbons (Fsp3) is 0.429. The first-order valence-corrected chi connectivity index (χ1v) is 6.83. The average molecular weight is 304 g/mol. The molecule has 2 aliphatic heterocycles. The molecule has 2 rings (SSSR count). The summed E-state index contributed by atoms with van der Waals surface area (Å²) in [5, 5.41) is 2.14. The summed E-state index contributed by atoms with van der Waals surface area (Å²) in [6, 6.07) is -0.967. The van der Waals surface area contributed by atoms with Crippen LogP contribution in [0.25, 0.3) is 0 Å². The fourth-order valence-electron chi connectivity index (χ4n) is 2.45. The summed E-state index contributed by atoms with van der Waals surface area (Å²) in [7, 11) is 1.44. The van der Waals surface area contributed by atoms with Gasteiger partial charge >= 0.3 is 0 Å². The van der Waals surface area contributed by atoms with Gasteiger partial charge in [-0.2, -0.15) is 0 Å². The van der Waals surface area contributed by atoms with E-state index in [2.05, 4.69) is 15.3 Å². The van der Waals surface area contributed by atoms with Crippen LogP contribution in [-0.4, -0.2) is 53.5 Å². The predicted molar refractivity (Wildman–Crippen MR) is 78.2 cm³/mol. The normalized spacial score (nSPS) is 27.2. The number of piperidine rings is 2. The average Bonchev–Trinajstić information content (AvgIpc) is 2.47. The van der Waals surface area contributed by atoms with Crippen LogP contribution < -0.4 is 5.32 Å². The smallest absolute Gasteiger partial charge is 0.279 e. The Labute approximate surface area is 127 Å². The van der Waals surface area contributed by atoms with Gasteiger partial charge < -0.3 is 0 Å². The number of carbonyl (C=O) groups is 4. The second kappa shape index (κ2) is 6.42. The number of likely N-dealkylation sites (tertiary alicyclic amines) is 1. The third kappa shape index (κ3) is 2.85. The highest BCUT2D eigenvalue weighted by Gasteiger charge is 2.43. The van der Waals surface area contributed by atoms with Crippen LogP contribution in [0, 0.1) is 0 Å². The fourth-order valence-corrected chi connectivity index (χ4v) is 2.45. The zero-order valence-corrected chi connectivity index (χ0v) is 12.3. The number of rotatable bonds is 2. The Hall–Kier alpha value is -2.64. The van der Waals surface area contributed by atoms with E-state index in [4.69, 9.17) is 0 Å². The molecule has 116 valence electrons. The number of hydrogen-bond acceptors (Lipinski definition) is 6. The summed E-state index contributed by atoms with van der Waals surface area (Å²) in [6.07, 6.45) is 3.11. The van der Waals surface area contributed by atoms with Crippen LogP contribution in [0.15, 0.2) is 21.8 Å². The number of nitrogens with one attached hydrogen (secondary N) is 1. The molecule has 0 spiro atoms. The van der Waals surface area contributed by atoms with Crippen molar-refractivity contribution in [3.8, 4) is 0 Å². The largest absolute Gasteiger partial charge is 0.295 e. The molecule has 1 unspecified atom stereocenters. The first-order valence-electron chi connectivity index (χ1n) is 6.83. The Morgan fingerprint density at radius 3 is 2.59 bits per heavy atom. The molecule has 8 nitrogen and oxygen atoms in total. The Morgan fingerprint density at radius 2 is 2.00 bits per heavy atom. The van der Waals surface area contributed by atoms with Crippen molar-refractivity contribution in [2.75, 3.05) is 7.05 Å². The maximum Gasteiger partial charge on any atom is 0.279 e. The lowest BCUT2D eigenvalue weighted by atomic mass is 9.96. The van der Waals surface area contributed by atoms with Gasteiger partial charge in [0.1, 0.15) is 11.8 Å². The lowest BCUT2D eigenvalue weighted by Crippen LogP contribution is -2.59.